The summed E-state index contributed by atoms with van der Waals surface area (Å²) in [5.41, 5.74) is 0.348. The van der Waals surface area contributed by atoms with Gasteiger partial charge < -0.3 is 4.74 Å². The van der Waals surface area contributed by atoms with E-state index in [-0.39, 0.29) is 16.7 Å². The summed E-state index contributed by atoms with van der Waals surface area (Å²) in [5, 5.41) is 0.278. The SMILES string of the molecule is COC(=O)CSc1cncc(Cl)c1C=O. The third-order valence-corrected chi connectivity index (χ3v) is 2.91. The maximum Gasteiger partial charge on any atom is 0.315 e. The molecule has 0 radical (unpaired) electrons. The van der Waals surface area contributed by atoms with E-state index in [0.717, 1.165) is 0 Å². The summed E-state index contributed by atoms with van der Waals surface area (Å²) >= 11 is 6.92. The maximum atomic E-state index is 10.9. The first-order valence-corrected chi connectivity index (χ1v) is 5.33. The second kappa shape index (κ2) is 5.72. The molecule has 0 saturated carbocycles. The van der Waals surface area contributed by atoms with Crippen LogP contribution < -0.4 is 0 Å². The lowest BCUT2D eigenvalue weighted by Gasteiger charge is -2.03. The molecule has 1 aromatic rings. The van der Waals surface area contributed by atoms with Gasteiger partial charge in [-0.1, -0.05) is 11.6 Å². The number of methoxy groups -OCH3 is 1. The van der Waals surface area contributed by atoms with E-state index in [1.54, 1.807) is 0 Å². The molecular weight excluding hydrogens is 238 g/mol. The molecule has 0 bridgehead atoms. The minimum atomic E-state index is -0.364. The molecule has 0 aliphatic heterocycles. The Labute approximate surface area is 96.0 Å². The van der Waals surface area contributed by atoms with Crippen molar-refractivity contribution in [3.05, 3.63) is 23.0 Å². The molecule has 0 aliphatic rings. The summed E-state index contributed by atoms with van der Waals surface area (Å²) in [4.78, 5) is 26.0. The zero-order chi connectivity index (χ0) is 11.3. The van der Waals surface area contributed by atoms with Gasteiger partial charge in [0.15, 0.2) is 6.29 Å². The first kappa shape index (κ1) is 12.0. The Morgan fingerprint density at radius 1 is 1.67 bits per heavy atom. The van der Waals surface area contributed by atoms with E-state index >= 15 is 0 Å². The van der Waals surface area contributed by atoms with Crippen LogP contribution >= 0.6 is 23.4 Å². The Kier molecular flexibility index (Phi) is 4.58. The number of carbonyl (C=O) groups is 2. The van der Waals surface area contributed by atoms with Gasteiger partial charge in [-0.15, -0.1) is 11.8 Å². The lowest BCUT2D eigenvalue weighted by atomic mass is 10.3. The first-order valence-electron chi connectivity index (χ1n) is 3.97. The second-order valence-electron chi connectivity index (χ2n) is 2.52. The highest BCUT2D eigenvalue weighted by Gasteiger charge is 2.09. The van der Waals surface area contributed by atoms with Crippen molar-refractivity contribution >= 4 is 35.6 Å². The molecule has 0 spiro atoms. The Morgan fingerprint density at radius 2 is 2.40 bits per heavy atom. The number of pyridine rings is 1. The van der Waals surface area contributed by atoms with Gasteiger partial charge in [-0.3, -0.25) is 14.6 Å². The summed E-state index contributed by atoms with van der Waals surface area (Å²) in [6.07, 6.45) is 3.51. The van der Waals surface area contributed by atoms with Crippen molar-refractivity contribution in [2.45, 2.75) is 4.90 Å². The molecule has 0 aromatic carbocycles. The Hall–Kier alpha value is -1.07. The van der Waals surface area contributed by atoms with Gasteiger partial charge in [0.1, 0.15) is 0 Å². The number of aldehydes is 1. The van der Waals surface area contributed by atoms with Crippen LogP contribution in [0.5, 0.6) is 0 Å². The van der Waals surface area contributed by atoms with Crippen molar-refractivity contribution < 1.29 is 14.3 Å². The smallest absolute Gasteiger partial charge is 0.315 e. The Balaban J connectivity index is 2.80. The van der Waals surface area contributed by atoms with Crippen LogP contribution in [0, 0.1) is 0 Å². The van der Waals surface area contributed by atoms with Crippen LogP contribution in [0.2, 0.25) is 5.02 Å². The topological polar surface area (TPSA) is 56.3 Å². The molecule has 15 heavy (non-hydrogen) atoms. The standard InChI is InChI=1S/C9H8ClNO3S/c1-14-9(13)5-15-8-3-11-2-7(10)6(8)4-12/h2-4H,5H2,1H3. The highest BCUT2D eigenvalue weighted by Crippen LogP contribution is 2.25. The number of carbonyl (C=O) groups excluding carboxylic acids is 2. The summed E-state index contributed by atoms with van der Waals surface area (Å²) in [6, 6.07) is 0. The van der Waals surface area contributed by atoms with Crippen LogP contribution in [0.3, 0.4) is 0 Å². The van der Waals surface area contributed by atoms with E-state index in [4.69, 9.17) is 11.6 Å². The minimum absolute atomic E-state index is 0.124. The number of halogens is 1. The van der Waals surface area contributed by atoms with Crippen LogP contribution in [-0.2, 0) is 9.53 Å². The average Bonchev–Trinajstić information content (AvgIpc) is 2.25. The zero-order valence-electron chi connectivity index (χ0n) is 7.90. The molecule has 4 nitrogen and oxygen atoms in total. The molecule has 0 N–H and O–H groups in total. The molecule has 0 amide bonds. The van der Waals surface area contributed by atoms with Gasteiger partial charge in [0.25, 0.3) is 0 Å². The van der Waals surface area contributed by atoms with Gasteiger partial charge >= 0.3 is 5.97 Å². The maximum absolute atomic E-state index is 10.9. The number of nitrogens with zero attached hydrogens (tertiary/aromatic N) is 1. The summed E-state index contributed by atoms with van der Waals surface area (Å²) in [6.45, 7) is 0. The van der Waals surface area contributed by atoms with Gasteiger partial charge in [-0.2, -0.15) is 0 Å². The van der Waals surface area contributed by atoms with E-state index in [0.29, 0.717) is 16.7 Å². The normalized spacial score (nSPS) is 9.73. The van der Waals surface area contributed by atoms with Crippen LogP contribution in [-0.4, -0.2) is 30.1 Å². The second-order valence-corrected chi connectivity index (χ2v) is 3.94. The van der Waals surface area contributed by atoms with E-state index in [2.05, 4.69) is 9.72 Å². The monoisotopic (exact) mass is 245 g/mol. The first-order chi connectivity index (χ1) is 7.19. The highest BCUT2D eigenvalue weighted by atomic mass is 35.5. The Morgan fingerprint density at radius 3 is 3.00 bits per heavy atom. The number of hydrogen-bond donors (Lipinski definition) is 0. The third-order valence-electron chi connectivity index (χ3n) is 1.59. The average molecular weight is 246 g/mol. The van der Waals surface area contributed by atoms with Crippen LogP contribution in [0.1, 0.15) is 10.4 Å². The van der Waals surface area contributed by atoms with Crippen molar-refractivity contribution in [1.29, 1.82) is 0 Å². The zero-order valence-corrected chi connectivity index (χ0v) is 9.47. The molecule has 1 heterocycles. The van der Waals surface area contributed by atoms with Crippen LogP contribution in [0.15, 0.2) is 17.3 Å². The number of thioether (sulfide) groups is 1. The highest BCUT2D eigenvalue weighted by molar-refractivity contribution is 8.00. The van der Waals surface area contributed by atoms with Gasteiger partial charge in [-0.25, -0.2) is 0 Å². The van der Waals surface area contributed by atoms with Gasteiger partial charge in [0.05, 0.1) is 17.9 Å². The molecule has 6 heteroatoms. The van der Waals surface area contributed by atoms with Gasteiger partial charge in [0.2, 0.25) is 0 Å². The van der Waals surface area contributed by atoms with E-state index in [1.807, 2.05) is 0 Å². The number of esters is 1. The largest absolute Gasteiger partial charge is 0.468 e. The fourth-order valence-electron chi connectivity index (χ4n) is 0.852. The van der Waals surface area contributed by atoms with E-state index in [1.165, 1.54) is 31.3 Å². The summed E-state index contributed by atoms with van der Waals surface area (Å²) in [7, 11) is 1.31. The van der Waals surface area contributed by atoms with Gasteiger partial charge in [-0.05, 0) is 0 Å². The third kappa shape index (κ3) is 3.21. The molecule has 80 valence electrons. The lowest BCUT2D eigenvalue weighted by molar-refractivity contribution is -0.137. The number of ether oxygens (including phenoxy) is 1. The number of aromatic nitrogens is 1. The van der Waals surface area contributed by atoms with Gasteiger partial charge in [0, 0.05) is 22.9 Å². The van der Waals surface area contributed by atoms with Crippen LogP contribution in [0.25, 0.3) is 0 Å². The van der Waals surface area contributed by atoms with Crippen LogP contribution in [0.4, 0.5) is 0 Å². The molecule has 1 aromatic heterocycles. The predicted octanol–water partition coefficient (Wildman–Crippen LogP) is 1.81. The number of hydrogen-bond acceptors (Lipinski definition) is 5. The summed E-state index contributed by atoms with van der Waals surface area (Å²) in [5.74, 6) is -0.240. The van der Waals surface area contributed by atoms with E-state index in [9.17, 15) is 9.59 Å². The molecule has 0 atom stereocenters. The molecule has 0 aliphatic carbocycles. The molecule has 1 rings (SSSR count). The van der Waals surface area contributed by atoms with Crippen molar-refractivity contribution in [1.82, 2.24) is 4.98 Å². The molecular formula is C9H8ClNO3S. The Bertz CT molecular complexity index is 384. The van der Waals surface area contributed by atoms with Crippen molar-refractivity contribution in [2.75, 3.05) is 12.9 Å². The summed E-state index contributed by atoms with van der Waals surface area (Å²) < 4.78 is 4.47. The predicted molar refractivity (Wildman–Crippen MR) is 57.4 cm³/mol. The molecule has 0 unspecified atom stereocenters. The van der Waals surface area contributed by atoms with E-state index < -0.39 is 0 Å². The number of rotatable bonds is 4. The van der Waals surface area contributed by atoms with Crippen molar-refractivity contribution in [3.63, 3.8) is 0 Å². The van der Waals surface area contributed by atoms with Crippen molar-refractivity contribution in [2.24, 2.45) is 0 Å². The quantitative estimate of drug-likeness (QED) is 0.460. The fourth-order valence-corrected chi connectivity index (χ4v) is 1.95. The lowest BCUT2D eigenvalue weighted by Crippen LogP contribution is -2.03. The minimum Gasteiger partial charge on any atom is -0.468 e. The molecule has 0 saturated heterocycles. The fraction of sp³-hybridized carbons (Fsp3) is 0.222. The molecule has 0 fully saturated rings. The van der Waals surface area contributed by atoms with Crippen molar-refractivity contribution in [3.8, 4) is 0 Å².